The summed E-state index contributed by atoms with van der Waals surface area (Å²) in [5, 5.41) is 10.6. The molecule has 19 heteroatoms. The summed E-state index contributed by atoms with van der Waals surface area (Å²) in [4.78, 5) is 72.7. The molecule has 0 spiro atoms. The Labute approximate surface area is 575 Å². The van der Waals surface area contributed by atoms with Gasteiger partial charge in [0.1, 0.15) is 19.3 Å². The second-order valence-electron chi connectivity index (χ2n) is 27.5. The van der Waals surface area contributed by atoms with Gasteiger partial charge in [-0.25, -0.2) is 9.13 Å². The molecule has 0 amide bonds. The molecule has 0 aliphatic carbocycles. The van der Waals surface area contributed by atoms with E-state index in [1.807, 2.05) is 0 Å². The standard InChI is InChI=1S/C75H146O17P2/c1-6-9-12-15-18-21-23-29-34-39-44-49-54-59-73(78)86-65-71(92-75(80)61-56-51-46-41-36-32-28-26-25-27-31-33-38-42-47-52-57-68(4)5)67-90-94(83,84)88-63-69(76)62-87-93(81,82)89-66-70(64-85-72(77)58-53-48-43-37-20-17-14-11-8-3)91-74(79)60-55-50-45-40-35-30-24-22-19-16-13-10-7-2/h68-71,76H,6-67H2,1-5H3,(H,81,82)(H,83,84)/t69-,70+,71+/m0/s1. The number of ether oxygens (including phenoxy) is 4. The first-order valence-electron chi connectivity index (χ1n) is 39.1. The normalized spacial score (nSPS) is 14.0. The molecule has 94 heavy (non-hydrogen) atoms. The van der Waals surface area contributed by atoms with Gasteiger partial charge in [-0.1, -0.05) is 343 Å². The summed E-state index contributed by atoms with van der Waals surface area (Å²) >= 11 is 0. The van der Waals surface area contributed by atoms with E-state index in [0.29, 0.717) is 25.7 Å². The molecule has 0 saturated carbocycles. The molecule has 0 aromatic rings. The summed E-state index contributed by atoms with van der Waals surface area (Å²) in [6.45, 7) is 7.31. The van der Waals surface area contributed by atoms with E-state index in [4.69, 9.17) is 37.0 Å². The Hall–Kier alpha value is -1.94. The molecule has 0 aromatic carbocycles. The van der Waals surface area contributed by atoms with Crippen LogP contribution in [0.2, 0.25) is 0 Å². The van der Waals surface area contributed by atoms with Crippen molar-refractivity contribution in [2.75, 3.05) is 39.6 Å². The minimum Gasteiger partial charge on any atom is -0.462 e. The zero-order valence-electron chi connectivity index (χ0n) is 61.1. The highest BCUT2D eigenvalue weighted by Crippen LogP contribution is 2.45. The largest absolute Gasteiger partial charge is 0.472 e. The molecule has 0 heterocycles. The minimum absolute atomic E-state index is 0.108. The number of rotatable bonds is 75. The zero-order chi connectivity index (χ0) is 69.1. The van der Waals surface area contributed by atoms with E-state index in [2.05, 4.69) is 34.6 Å². The lowest BCUT2D eigenvalue weighted by molar-refractivity contribution is -0.161. The number of phosphoric acid groups is 2. The lowest BCUT2D eigenvalue weighted by Crippen LogP contribution is -2.30. The Morgan fingerprint density at radius 3 is 0.723 bits per heavy atom. The minimum atomic E-state index is -4.95. The SMILES string of the molecule is CCCCCCCCCCCCCCCC(=O)OC[C@H](COP(=O)(O)OC[C@@H](O)COP(=O)(O)OC[C@@H](COC(=O)CCCCCCCCCCC)OC(=O)CCCCCCCCCCCCCCC)OC(=O)CCCCCCCCCCCCCCCCCCC(C)C. The lowest BCUT2D eigenvalue weighted by atomic mass is 10.0. The second kappa shape index (κ2) is 68.2. The molecule has 0 aliphatic heterocycles. The summed E-state index contributed by atoms with van der Waals surface area (Å²) in [6.07, 6.45) is 56.7. The topological polar surface area (TPSA) is 237 Å². The van der Waals surface area contributed by atoms with Crippen LogP contribution in [-0.2, 0) is 65.4 Å². The van der Waals surface area contributed by atoms with E-state index in [1.165, 1.54) is 218 Å². The van der Waals surface area contributed by atoms with Crippen LogP contribution in [0.1, 0.15) is 394 Å². The first-order valence-corrected chi connectivity index (χ1v) is 42.1. The third kappa shape index (κ3) is 68.6. The Balaban J connectivity index is 5.21. The molecule has 3 N–H and O–H groups in total. The quantitative estimate of drug-likeness (QED) is 0.0222. The predicted octanol–water partition coefficient (Wildman–Crippen LogP) is 22.1. The van der Waals surface area contributed by atoms with E-state index >= 15 is 0 Å². The molecule has 0 rings (SSSR count). The summed E-state index contributed by atoms with van der Waals surface area (Å²) in [5.41, 5.74) is 0. The fourth-order valence-electron chi connectivity index (χ4n) is 11.5. The maximum absolute atomic E-state index is 13.1. The molecule has 0 aliphatic rings. The van der Waals surface area contributed by atoms with E-state index in [-0.39, 0.29) is 25.7 Å². The van der Waals surface area contributed by atoms with Crippen LogP contribution in [0.3, 0.4) is 0 Å². The first-order chi connectivity index (χ1) is 45.5. The van der Waals surface area contributed by atoms with Gasteiger partial charge in [-0.3, -0.25) is 37.3 Å². The van der Waals surface area contributed by atoms with Crippen LogP contribution in [0.15, 0.2) is 0 Å². The van der Waals surface area contributed by atoms with Gasteiger partial charge in [0.05, 0.1) is 26.4 Å². The van der Waals surface area contributed by atoms with Gasteiger partial charge >= 0.3 is 39.5 Å². The summed E-state index contributed by atoms with van der Waals surface area (Å²) in [5.74, 6) is -1.30. The Morgan fingerprint density at radius 1 is 0.287 bits per heavy atom. The summed E-state index contributed by atoms with van der Waals surface area (Å²) in [7, 11) is -9.90. The van der Waals surface area contributed by atoms with Crippen molar-refractivity contribution < 1.29 is 80.2 Å². The molecular weight excluding hydrogens is 1230 g/mol. The van der Waals surface area contributed by atoms with Gasteiger partial charge in [0.15, 0.2) is 12.2 Å². The summed E-state index contributed by atoms with van der Waals surface area (Å²) in [6, 6.07) is 0. The highest BCUT2D eigenvalue weighted by Gasteiger charge is 2.30. The van der Waals surface area contributed by atoms with Crippen LogP contribution in [0.25, 0.3) is 0 Å². The molecule has 17 nitrogen and oxygen atoms in total. The van der Waals surface area contributed by atoms with Gasteiger partial charge in [0.25, 0.3) is 0 Å². The van der Waals surface area contributed by atoms with Crippen LogP contribution >= 0.6 is 15.6 Å². The first kappa shape index (κ1) is 92.1. The number of aliphatic hydroxyl groups is 1. The van der Waals surface area contributed by atoms with E-state index < -0.39 is 97.5 Å². The molecule has 558 valence electrons. The predicted molar refractivity (Wildman–Crippen MR) is 382 cm³/mol. The molecule has 0 bridgehead atoms. The average Bonchev–Trinajstić information content (AvgIpc) is 1.56. The highest BCUT2D eigenvalue weighted by atomic mass is 31.2. The fraction of sp³-hybridized carbons (Fsp3) is 0.947. The zero-order valence-corrected chi connectivity index (χ0v) is 62.9. The van der Waals surface area contributed by atoms with Crippen molar-refractivity contribution in [3.05, 3.63) is 0 Å². The van der Waals surface area contributed by atoms with Crippen molar-refractivity contribution in [2.24, 2.45) is 5.92 Å². The number of unbranched alkanes of at least 4 members (excludes halogenated alkanes) is 47. The van der Waals surface area contributed by atoms with Crippen LogP contribution in [0.5, 0.6) is 0 Å². The Bertz CT molecular complexity index is 1810. The van der Waals surface area contributed by atoms with Gasteiger partial charge in [-0.2, -0.15) is 0 Å². The van der Waals surface area contributed by atoms with Gasteiger partial charge in [-0.05, 0) is 31.6 Å². The number of aliphatic hydroxyl groups excluding tert-OH is 1. The van der Waals surface area contributed by atoms with Crippen molar-refractivity contribution in [1.29, 1.82) is 0 Å². The molecule has 2 unspecified atom stereocenters. The number of esters is 4. The number of carbonyl (C=O) groups is 4. The van der Waals surface area contributed by atoms with E-state index in [0.717, 1.165) is 95.8 Å². The fourth-order valence-corrected chi connectivity index (χ4v) is 13.1. The third-order valence-corrected chi connectivity index (χ3v) is 19.4. The smallest absolute Gasteiger partial charge is 0.462 e. The van der Waals surface area contributed by atoms with Gasteiger partial charge in [-0.15, -0.1) is 0 Å². The van der Waals surface area contributed by atoms with Crippen molar-refractivity contribution in [3.8, 4) is 0 Å². The van der Waals surface area contributed by atoms with Crippen LogP contribution in [-0.4, -0.2) is 96.7 Å². The second-order valence-corrected chi connectivity index (χ2v) is 30.4. The van der Waals surface area contributed by atoms with Crippen LogP contribution in [0, 0.1) is 5.92 Å². The molecule has 0 saturated heterocycles. The van der Waals surface area contributed by atoms with E-state index in [9.17, 15) is 43.2 Å². The Kier molecular flexibility index (Phi) is 66.8. The number of phosphoric ester groups is 2. The number of carbonyl (C=O) groups excluding carboxylic acids is 4. The van der Waals surface area contributed by atoms with Gasteiger partial charge < -0.3 is 33.8 Å². The molecule has 0 radical (unpaired) electrons. The van der Waals surface area contributed by atoms with Gasteiger partial charge in [0.2, 0.25) is 0 Å². The van der Waals surface area contributed by atoms with Crippen molar-refractivity contribution in [2.45, 2.75) is 412 Å². The maximum atomic E-state index is 13.1. The lowest BCUT2D eigenvalue weighted by Gasteiger charge is -2.21. The monoisotopic (exact) mass is 1380 g/mol. The van der Waals surface area contributed by atoms with Crippen LogP contribution < -0.4 is 0 Å². The molecule has 0 fully saturated rings. The Morgan fingerprint density at radius 2 is 0.489 bits per heavy atom. The average molecular weight is 1380 g/mol. The summed E-state index contributed by atoms with van der Waals surface area (Å²) < 4.78 is 68.5. The highest BCUT2D eigenvalue weighted by molar-refractivity contribution is 7.47. The molecule has 5 atom stereocenters. The maximum Gasteiger partial charge on any atom is 0.472 e. The van der Waals surface area contributed by atoms with Crippen molar-refractivity contribution >= 4 is 39.5 Å². The third-order valence-electron chi connectivity index (χ3n) is 17.5. The number of hydrogen-bond acceptors (Lipinski definition) is 15. The van der Waals surface area contributed by atoms with Crippen molar-refractivity contribution in [1.82, 2.24) is 0 Å². The number of hydrogen-bond donors (Lipinski definition) is 3. The van der Waals surface area contributed by atoms with Crippen molar-refractivity contribution in [3.63, 3.8) is 0 Å². The van der Waals surface area contributed by atoms with E-state index in [1.54, 1.807) is 0 Å². The molecular formula is C75H146O17P2. The van der Waals surface area contributed by atoms with Gasteiger partial charge in [0, 0.05) is 25.7 Å². The van der Waals surface area contributed by atoms with Crippen LogP contribution in [0.4, 0.5) is 0 Å². The molecule has 0 aromatic heterocycles.